The van der Waals surface area contributed by atoms with Gasteiger partial charge in [0.2, 0.25) is 0 Å². The Balaban J connectivity index is 2.01. The minimum Gasteiger partial charge on any atom is -0.253 e. The first-order valence-electron chi connectivity index (χ1n) is 8.29. The number of nitrogens with zero attached hydrogens (tertiary/aromatic N) is 1. The molecule has 1 heteroatoms. The lowest BCUT2D eigenvalue weighted by Gasteiger charge is -2.06. The molecule has 0 spiro atoms. The van der Waals surface area contributed by atoms with Gasteiger partial charge < -0.3 is 0 Å². The molecule has 0 amide bonds. The maximum atomic E-state index is 4.70. The topological polar surface area (TPSA) is 12.9 Å². The molecule has 2 rings (SSSR count). The van der Waals surface area contributed by atoms with Crippen molar-refractivity contribution in [2.75, 3.05) is 0 Å². The van der Waals surface area contributed by atoms with Crippen molar-refractivity contribution >= 4 is 17.0 Å². The molecular weight excluding hydrogens is 254 g/mol. The molecule has 1 aromatic carbocycles. The standard InChI is InChI=1S/C20H27N/c1-4-8-16(3)9-6-7-10-17-11-12-18-13-14-19(5-2)21-20(18)15-17/h7,10-16H,4-6,8-9H2,1-3H3/b10-7+. The van der Waals surface area contributed by atoms with E-state index in [1.807, 2.05) is 0 Å². The summed E-state index contributed by atoms with van der Waals surface area (Å²) < 4.78 is 0. The highest BCUT2D eigenvalue weighted by Crippen LogP contribution is 2.17. The maximum Gasteiger partial charge on any atom is 0.0711 e. The van der Waals surface area contributed by atoms with E-state index in [0.29, 0.717) is 0 Å². The molecule has 0 aliphatic carbocycles. The lowest BCUT2D eigenvalue weighted by atomic mass is 10.00. The molecule has 0 saturated heterocycles. The van der Waals surface area contributed by atoms with Crippen LogP contribution in [0.15, 0.2) is 36.4 Å². The van der Waals surface area contributed by atoms with E-state index < -0.39 is 0 Å². The van der Waals surface area contributed by atoms with Gasteiger partial charge in [-0.05, 0) is 42.9 Å². The van der Waals surface area contributed by atoms with Crippen LogP contribution in [0.3, 0.4) is 0 Å². The SMILES string of the molecule is CCCC(C)CC/C=C/c1ccc2ccc(CC)nc2c1. The van der Waals surface area contributed by atoms with E-state index >= 15 is 0 Å². The van der Waals surface area contributed by atoms with Gasteiger partial charge in [-0.25, -0.2) is 0 Å². The highest BCUT2D eigenvalue weighted by molar-refractivity contribution is 5.81. The summed E-state index contributed by atoms with van der Waals surface area (Å²) in [5.41, 5.74) is 3.53. The van der Waals surface area contributed by atoms with Gasteiger partial charge in [-0.3, -0.25) is 4.98 Å². The Bertz CT molecular complexity index is 598. The van der Waals surface area contributed by atoms with E-state index in [1.165, 1.54) is 36.6 Å². The van der Waals surface area contributed by atoms with Crippen LogP contribution in [-0.2, 0) is 6.42 Å². The van der Waals surface area contributed by atoms with Gasteiger partial charge in [-0.2, -0.15) is 0 Å². The molecule has 1 heterocycles. The van der Waals surface area contributed by atoms with Crippen molar-refractivity contribution in [3.63, 3.8) is 0 Å². The second-order valence-electron chi connectivity index (χ2n) is 5.98. The molecule has 0 aliphatic rings. The summed E-state index contributed by atoms with van der Waals surface area (Å²) >= 11 is 0. The summed E-state index contributed by atoms with van der Waals surface area (Å²) in [5, 5.41) is 1.22. The average Bonchev–Trinajstić information content (AvgIpc) is 2.51. The van der Waals surface area contributed by atoms with Gasteiger partial charge in [0, 0.05) is 11.1 Å². The number of hydrogen-bond acceptors (Lipinski definition) is 1. The molecule has 0 bridgehead atoms. The first-order chi connectivity index (χ1) is 10.2. The molecule has 1 atom stereocenters. The lowest BCUT2D eigenvalue weighted by molar-refractivity contribution is 0.491. The van der Waals surface area contributed by atoms with Crippen molar-refractivity contribution in [3.05, 3.63) is 47.7 Å². The highest BCUT2D eigenvalue weighted by Gasteiger charge is 1.99. The normalized spacial score (nSPS) is 13.1. The molecule has 0 aliphatic heterocycles. The van der Waals surface area contributed by atoms with E-state index in [0.717, 1.165) is 23.5 Å². The number of pyridine rings is 1. The van der Waals surface area contributed by atoms with Gasteiger partial charge in [0.25, 0.3) is 0 Å². The smallest absolute Gasteiger partial charge is 0.0711 e. The number of aromatic nitrogens is 1. The van der Waals surface area contributed by atoms with Crippen molar-refractivity contribution in [2.45, 2.75) is 52.9 Å². The molecule has 112 valence electrons. The molecule has 21 heavy (non-hydrogen) atoms. The quantitative estimate of drug-likeness (QED) is 0.604. The van der Waals surface area contributed by atoms with Gasteiger partial charge in [0.15, 0.2) is 0 Å². The first kappa shape index (κ1) is 15.8. The Morgan fingerprint density at radius 1 is 1.10 bits per heavy atom. The summed E-state index contributed by atoms with van der Waals surface area (Å²) in [5.74, 6) is 0.838. The van der Waals surface area contributed by atoms with E-state index in [9.17, 15) is 0 Å². The van der Waals surface area contributed by atoms with Crippen LogP contribution in [0.1, 0.15) is 57.7 Å². The van der Waals surface area contributed by atoms with E-state index in [2.05, 4.69) is 63.3 Å². The zero-order valence-corrected chi connectivity index (χ0v) is 13.6. The van der Waals surface area contributed by atoms with Crippen LogP contribution in [0.2, 0.25) is 0 Å². The van der Waals surface area contributed by atoms with Crippen LogP contribution in [0.25, 0.3) is 17.0 Å². The van der Waals surface area contributed by atoms with E-state index in [4.69, 9.17) is 4.98 Å². The van der Waals surface area contributed by atoms with Crippen molar-refractivity contribution in [1.29, 1.82) is 0 Å². The molecule has 0 radical (unpaired) electrons. The average molecular weight is 281 g/mol. The first-order valence-corrected chi connectivity index (χ1v) is 8.29. The zero-order valence-electron chi connectivity index (χ0n) is 13.6. The van der Waals surface area contributed by atoms with Gasteiger partial charge in [-0.15, -0.1) is 0 Å². The fourth-order valence-corrected chi connectivity index (χ4v) is 2.71. The van der Waals surface area contributed by atoms with E-state index in [-0.39, 0.29) is 0 Å². The van der Waals surface area contributed by atoms with Gasteiger partial charge in [0.1, 0.15) is 0 Å². The molecule has 0 saturated carbocycles. The van der Waals surface area contributed by atoms with Crippen molar-refractivity contribution in [1.82, 2.24) is 4.98 Å². The van der Waals surface area contributed by atoms with Gasteiger partial charge in [-0.1, -0.05) is 64.0 Å². The minimum atomic E-state index is 0.838. The molecule has 1 aromatic heterocycles. The minimum absolute atomic E-state index is 0.838. The highest BCUT2D eigenvalue weighted by atomic mass is 14.7. The largest absolute Gasteiger partial charge is 0.253 e. The molecule has 1 unspecified atom stereocenters. The molecule has 0 N–H and O–H groups in total. The number of allylic oxidation sites excluding steroid dienone is 1. The monoisotopic (exact) mass is 281 g/mol. The third-order valence-corrected chi connectivity index (χ3v) is 4.05. The predicted octanol–water partition coefficient (Wildman–Crippen LogP) is 6.03. The molecule has 2 aromatic rings. The lowest BCUT2D eigenvalue weighted by Crippen LogP contribution is -1.92. The van der Waals surface area contributed by atoms with Crippen LogP contribution < -0.4 is 0 Å². The van der Waals surface area contributed by atoms with E-state index in [1.54, 1.807) is 0 Å². The van der Waals surface area contributed by atoms with Crippen LogP contribution in [-0.4, -0.2) is 4.98 Å². The zero-order chi connectivity index (χ0) is 15.1. The summed E-state index contributed by atoms with van der Waals surface area (Å²) in [6.07, 6.45) is 10.6. The van der Waals surface area contributed by atoms with Gasteiger partial charge >= 0.3 is 0 Å². The summed E-state index contributed by atoms with van der Waals surface area (Å²) in [6, 6.07) is 10.8. The van der Waals surface area contributed by atoms with Gasteiger partial charge in [0.05, 0.1) is 5.52 Å². The number of benzene rings is 1. The fraction of sp³-hybridized carbons (Fsp3) is 0.450. The van der Waals surface area contributed by atoms with Crippen LogP contribution in [0.4, 0.5) is 0 Å². The number of aryl methyl sites for hydroxylation is 1. The molecular formula is C20H27N. The predicted molar refractivity (Wildman–Crippen MR) is 93.5 cm³/mol. The third-order valence-electron chi connectivity index (χ3n) is 4.05. The Kier molecular flexibility index (Phi) is 5.98. The van der Waals surface area contributed by atoms with Crippen molar-refractivity contribution < 1.29 is 0 Å². The molecule has 0 fully saturated rings. The van der Waals surface area contributed by atoms with Crippen molar-refractivity contribution in [3.8, 4) is 0 Å². The molecule has 1 nitrogen and oxygen atoms in total. The second kappa shape index (κ2) is 7.97. The number of hydrogen-bond donors (Lipinski definition) is 0. The summed E-state index contributed by atoms with van der Waals surface area (Å²) in [6.45, 7) is 6.76. The Morgan fingerprint density at radius 2 is 1.90 bits per heavy atom. The maximum absolute atomic E-state index is 4.70. The number of fused-ring (bicyclic) bond motifs is 1. The van der Waals surface area contributed by atoms with Crippen LogP contribution in [0, 0.1) is 5.92 Å². The van der Waals surface area contributed by atoms with Crippen molar-refractivity contribution in [2.24, 2.45) is 5.92 Å². The Hall–Kier alpha value is -1.63. The third kappa shape index (κ3) is 4.70. The Morgan fingerprint density at radius 3 is 2.67 bits per heavy atom. The summed E-state index contributed by atoms with van der Waals surface area (Å²) in [7, 11) is 0. The number of rotatable bonds is 7. The summed E-state index contributed by atoms with van der Waals surface area (Å²) in [4.78, 5) is 4.70. The second-order valence-corrected chi connectivity index (χ2v) is 5.98. The fourth-order valence-electron chi connectivity index (χ4n) is 2.71. The van der Waals surface area contributed by atoms with Crippen LogP contribution >= 0.6 is 0 Å². The Labute approximate surface area is 129 Å². The van der Waals surface area contributed by atoms with Crippen LogP contribution in [0.5, 0.6) is 0 Å².